The SMILES string of the molecule is CCOc1cc(C2=NN(C(NC(=O)c3ccncc3)c3ccccc3)C(=O)CC2CC)ccc1OC. The minimum Gasteiger partial charge on any atom is -0.493 e. The van der Waals surface area contributed by atoms with Crippen LogP contribution in [-0.2, 0) is 4.79 Å². The van der Waals surface area contributed by atoms with Gasteiger partial charge in [-0.05, 0) is 49.2 Å². The zero-order valence-corrected chi connectivity index (χ0v) is 20.7. The van der Waals surface area contributed by atoms with Crippen LogP contribution in [0.4, 0.5) is 0 Å². The summed E-state index contributed by atoms with van der Waals surface area (Å²) in [6.45, 7) is 4.44. The standard InChI is InChI=1S/C28H30N4O4/c1-4-19-18-25(33)32(31-26(19)22-11-12-23(35-3)24(17-22)36-5-2)27(20-9-7-6-8-10-20)30-28(34)21-13-15-29-16-14-21/h6-17,19,27H,4-5,18H2,1-3H3,(H,30,34). The number of rotatable bonds is 9. The number of ether oxygens (including phenoxy) is 2. The number of carbonyl (C=O) groups is 2. The smallest absolute Gasteiger partial charge is 0.253 e. The highest BCUT2D eigenvalue weighted by Crippen LogP contribution is 2.33. The van der Waals surface area contributed by atoms with E-state index in [9.17, 15) is 9.59 Å². The highest BCUT2D eigenvalue weighted by Gasteiger charge is 2.35. The summed E-state index contributed by atoms with van der Waals surface area (Å²) in [6.07, 6.45) is 3.35. The van der Waals surface area contributed by atoms with E-state index in [4.69, 9.17) is 14.6 Å². The van der Waals surface area contributed by atoms with Gasteiger partial charge in [0.25, 0.3) is 5.91 Å². The molecule has 8 heteroatoms. The van der Waals surface area contributed by atoms with Crippen LogP contribution in [0.5, 0.6) is 11.5 Å². The van der Waals surface area contributed by atoms with Gasteiger partial charge in [-0.1, -0.05) is 37.3 Å². The van der Waals surface area contributed by atoms with Gasteiger partial charge in [0.15, 0.2) is 17.7 Å². The van der Waals surface area contributed by atoms with Gasteiger partial charge in [0.1, 0.15) is 0 Å². The second-order valence-electron chi connectivity index (χ2n) is 8.35. The lowest BCUT2D eigenvalue weighted by atomic mass is 9.89. The Kier molecular flexibility index (Phi) is 7.95. The molecule has 8 nitrogen and oxygen atoms in total. The van der Waals surface area contributed by atoms with E-state index in [2.05, 4.69) is 10.3 Å². The number of nitrogens with zero attached hydrogens (tertiary/aromatic N) is 3. The van der Waals surface area contributed by atoms with E-state index < -0.39 is 6.17 Å². The third-order valence-corrected chi connectivity index (χ3v) is 6.10. The van der Waals surface area contributed by atoms with Crippen molar-refractivity contribution in [3.63, 3.8) is 0 Å². The third-order valence-electron chi connectivity index (χ3n) is 6.10. The molecule has 0 saturated heterocycles. The van der Waals surface area contributed by atoms with E-state index in [0.717, 1.165) is 23.3 Å². The molecule has 2 unspecified atom stereocenters. The van der Waals surface area contributed by atoms with Crippen molar-refractivity contribution >= 4 is 17.5 Å². The van der Waals surface area contributed by atoms with Crippen LogP contribution in [0.15, 0.2) is 78.2 Å². The Labute approximate surface area is 210 Å². The van der Waals surface area contributed by atoms with Crippen LogP contribution in [0.2, 0.25) is 0 Å². The third kappa shape index (κ3) is 5.38. The second kappa shape index (κ2) is 11.5. The van der Waals surface area contributed by atoms with Crippen LogP contribution in [0, 0.1) is 5.92 Å². The normalized spacial score (nSPS) is 16.2. The number of carbonyl (C=O) groups excluding carboxylic acids is 2. The van der Waals surface area contributed by atoms with E-state index in [0.29, 0.717) is 23.7 Å². The Morgan fingerprint density at radius 2 is 1.83 bits per heavy atom. The predicted octanol–water partition coefficient (Wildman–Crippen LogP) is 4.58. The van der Waals surface area contributed by atoms with Crippen LogP contribution < -0.4 is 14.8 Å². The Morgan fingerprint density at radius 3 is 2.50 bits per heavy atom. The van der Waals surface area contributed by atoms with Crippen molar-refractivity contribution in [3.8, 4) is 11.5 Å². The van der Waals surface area contributed by atoms with Crippen LogP contribution >= 0.6 is 0 Å². The molecule has 2 aromatic carbocycles. The van der Waals surface area contributed by atoms with Crippen LogP contribution in [0.1, 0.15) is 54.3 Å². The molecule has 1 aromatic heterocycles. The lowest BCUT2D eigenvalue weighted by Gasteiger charge is -2.35. The first kappa shape index (κ1) is 24.9. The number of aromatic nitrogens is 1. The van der Waals surface area contributed by atoms with Gasteiger partial charge < -0.3 is 14.8 Å². The largest absolute Gasteiger partial charge is 0.493 e. The van der Waals surface area contributed by atoms with Gasteiger partial charge in [0.2, 0.25) is 5.91 Å². The molecule has 1 aliphatic heterocycles. The summed E-state index contributed by atoms with van der Waals surface area (Å²) in [7, 11) is 1.60. The van der Waals surface area contributed by atoms with Crippen molar-refractivity contribution in [1.29, 1.82) is 0 Å². The number of nitrogens with one attached hydrogen (secondary N) is 1. The Morgan fingerprint density at radius 1 is 1.08 bits per heavy atom. The maximum Gasteiger partial charge on any atom is 0.253 e. The fraction of sp³-hybridized carbons (Fsp3) is 0.286. The van der Waals surface area contributed by atoms with Gasteiger partial charge in [-0.25, -0.2) is 5.01 Å². The lowest BCUT2D eigenvalue weighted by molar-refractivity contribution is -0.135. The van der Waals surface area contributed by atoms with Crippen molar-refractivity contribution in [2.24, 2.45) is 11.0 Å². The molecule has 0 saturated carbocycles. The highest BCUT2D eigenvalue weighted by atomic mass is 16.5. The van der Waals surface area contributed by atoms with Gasteiger partial charge in [-0.15, -0.1) is 0 Å². The summed E-state index contributed by atoms with van der Waals surface area (Å²) < 4.78 is 11.2. The molecule has 0 bridgehead atoms. The second-order valence-corrected chi connectivity index (χ2v) is 8.35. The summed E-state index contributed by atoms with van der Waals surface area (Å²) in [5.41, 5.74) is 2.80. The maximum atomic E-state index is 13.4. The molecule has 0 fully saturated rings. The summed E-state index contributed by atoms with van der Waals surface area (Å²) in [5.74, 6) is 0.697. The van der Waals surface area contributed by atoms with Crippen molar-refractivity contribution in [1.82, 2.24) is 15.3 Å². The predicted molar refractivity (Wildman–Crippen MR) is 137 cm³/mol. The number of hydrogen-bond donors (Lipinski definition) is 1. The molecular weight excluding hydrogens is 456 g/mol. The topological polar surface area (TPSA) is 93.1 Å². The first-order valence-corrected chi connectivity index (χ1v) is 12.0. The highest BCUT2D eigenvalue weighted by molar-refractivity contribution is 6.06. The fourth-order valence-electron chi connectivity index (χ4n) is 4.22. The van der Waals surface area contributed by atoms with Crippen LogP contribution in [-0.4, -0.2) is 41.2 Å². The number of amides is 2. The number of methoxy groups -OCH3 is 1. The minimum atomic E-state index is -0.781. The molecule has 36 heavy (non-hydrogen) atoms. The van der Waals surface area contributed by atoms with E-state index in [-0.39, 0.29) is 24.2 Å². The summed E-state index contributed by atoms with van der Waals surface area (Å²) in [5, 5.41) is 9.22. The van der Waals surface area contributed by atoms with E-state index in [1.54, 1.807) is 31.6 Å². The minimum absolute atomic E-state index is 0.0658. The molecular formula is C28H30N4O4. The first-order chi connectivity index (χ1) is 17.5. The average Bonchev–Trinajstić information content (AvgIpc) is 2.92. The molecule has 2 atom stereocenters. The molecule has 4 rings (SSSR count). The number of pyridine rings is 1. The van der Waals surface area contributed by atoms with Crippen molar-refractivity contribution < 1.29 is 19.1 Å². The van der Waals surface area contributed by atoms with E-state index >= 15 is 0 Å². The maximum absolute atomic E-state index is 13.4. The summed E-state index contributed by atoms with van der Waals surface area (Å²) in [4.78, 5) is 30.4. The van der Waals surface area contributed by atoms with Gasteiger partial charge in [-0.2, -0.15) is 5.10 Å². The Hall–Kier alpha value is -4.20. The Balaban J connectivity index is 1.76. The van der Waals surface area contributed by atoms with Crippen molar-refractivity contribution in [2.45, 2.75) is 32.9 Å². The molecule has 2 amide bonds. The first-order valence-electron chi connectivity index (χ1n) is 12.0. The number of hydrazone groups is 1. The molecule has 186 valence electrons. The lowest BCUT2D eigenvalue weighted by Crippen LogP contribution is -2.46. The summed E-state index contributed by atoms with van der Waals surface area (Å²) in [6, 6.07) is 18.3. The molecule has 0 spiro atoms. The Bertz CT molecular complexity index is 1230. The van der Waals surface area contributed by atoms with Gasteiger partial charge in [-0.3, -0.25) is 14.6 Å². The summed E-state index contributed by atoms with van der Waals surface area (Å²) >= 11 is 0. The van der Waals surface area contributed by atoms with Crippen LogP contribution in [0.3, 0.4) is 0 Å². The fourth-order valence-corrected chi connectivity index (χ4v) is 4.22. The zero-order valence-electron chi connectivity index (χ0n) is 20.7. The molecule has 0 radical (unpaired) electrons. The van der Waals surface area contributed by atoms with Gasteiger partial charge >= 0.3 is 0 Å². The average molecular weight is 487 g/mol. The molecule has 3 aromatic rings. The molecule has 1 aliphatic rings. The van der Waals surface area contributed by atoms with Gasteiger partial charge in [0, 0.05) is 35.9 Å². The van der Waals surface area contributed by atoms with Crippen molar-refractivity contribution in [3.05, 3.63) is 89.7 Å². The van der Waals surface area contributed by atoms with Gasteiger partial charge in [0.05, 0.1) is 19.4 Å². The zero-order chi connectivity index (χ0) is 25.5. The van der Waals surface area contributed by atoms with E-state index in [1.165, 1.54) is 5.01 Å². The number of hydrogen-bond acceptors (Lipinski definition) is 6. The van der Waals surface area contributed by atoms with E-state index in [1.807, 2.05) is 62.4 Å². The molecule has 2 heterocycles. The van der Waals surface area contributed by atoms with Crippen LogP contribution in [0.25, 0.3) is 0 Å². The quantitative estimate of drug-likeness (QED) is 0.478. The number of benzene rings is 2. The molecule has 0 aliphatic carbocycles. The molecule has 1 N–H and O–H groups in total. The monoisotopic (exact) mass is 486 g/mol. The van der Waals surface area contributed by atoms with Crippen molar-refractivity contribution in [2.75, 3.05) is 13.7 Å².